The summed E-state index contributed by atoms with van der Waals surface area (Å²) < 4.78 is 6.78. The van der Waals surface area contributed by atoms with Crippen LogP contribution in [0.2, 0.25) is 0 Å². The summed E-state index contributed by atoms with van der Waals surface area (Å²) >= 11 is 3.45. The second-order valence-electron chi connectivity index (χ2n) is 6.60. The van der Waals surface area contributed by atoms with Gasteiger partial charge in [-0.2, -0.15) is 0 Å². The Balaban J connectivity index is 1.83. The second kappa shape index (κ2) is 10.9. The third-order valence-corrected chi connectivity index (χ3v) is 6.43. The van der Waals surface area contributed by atoms with Crippen molar-refractivity contribution in [1.82, 2.24) is 0 Å². The SMILES string of the molecule is CC(=O)OC(CC=C(Sc1ccccc1)Sc1ccccc1)c1ccc(C)cc1. The lowest BCUT2D eigenvalue weighted by molar-refractivity contribution is -0.146. The van der Waals surface area contributed by atoms with Crippen LogP contribution in [0, 0.1) is 6.92 Å². The van der Waals surface area contributed by atoms with Gasteiger partial charge >= 0.3 is 5.97 Å². The third-order valence-electron chi connectivity index (χ3n) is 4.18. The highest BCUT2D eigenvalue weighted by Crippen LogP contribution is 2.40. The zero-order chi connectivity index (χ0) is 20.5. The summed E-state index contributed by atoms with van der Waals surface area (Å²) in [7, 11) is 0. The topological polar surface area (TPSA) is 26.3 Å². The van der Waals surface area contributed by atoms with E-state index in [1.165, 1.54) is 22.3 Å². The summed E-state index contributed by atoms with van der Waals surface area (Å²) in [6.07, 6.45) is 2.50. The third kappa shape index (κ3) is 7.15. The number of hydrogen-bond acceptors (Lipinski definition) is 4. The van der Waals surface area contributed by atoms with Crippen LogP contribution in [0.3, 0.4) is 0 Å². The van der Waals surface area contributed by atoms with Crippen LogP contribution in [0.25, 0.3) is 0 Å². The monoisotopic (exact) mass is 420 g/mol. The van der Waals surface area contributed by atoms with Gasteiger partial charge in [-0.15, -0.1) is 0 Å². The predicted octanol–water partition coefficient (Wildman–Crippen LogP) is 7.42. The number of benzene rings is 3. The van der Waals surface area contributed by atoms with Crippen molar-refractivity contribution in [3.05, 3.63) is 106 Å². The van der Waals surface area contributed by atoms with Gasteiger partial charge in [0.2, 0.25) is 0 Å². The molecule has 3 aromatic carbocycles. The van der Waals surface area contributed by atoms with Gasteiger partial charge < -0.3 is 4.74 Å². The van der Waals surface area contributed by atoms with Gasteiger partial charge in [0, 0.05) is 27.4 Å². The highest BCUT2D eigenvalue weighted by molar-refractivity contribution is 8.22. The summed E-state index contributed by atoms with van der Waals surface area (Å²) in [5.41, 5.74) is 2.20. The molecule has 0 bridgehead atoms. The summed E-state index contributed by atoms with van der Waals surface area (Å²) in [5.74, 6) is -0.267. The predicted molar refractivity (Wildman–Crippen MR) is 123 cm³/mol. The summed E-state index contributed by atoms with van der Waals surface area (Å²) in [5, 5.41) is 0. The fourth-order valence-corrected chi connectivity index (χ4v) is 4.90. The first-order valence-corrected chi connectivity index (χ1v) is 11.1. The van der Waals surface area contributed by atoms with Crippen LogP contribution in [0.5, 0.6) is 0 Å². The molecule has 0 aromatic heterocycles. The van der Waals surface area contributed by atoms with Crippen molar-refractivity contribution in [1.29, 1.82) is 0 Å². The van der Waals surface area contributed by atoms with Gasteiger partial charge in [0.05, 0.1) is 0 Å². The Hall–Kier alpha value is -2.43. The van der Waals surface area contributed by atoms with Crippen molar-refractivity contribution in [2.24, 2.45) is 0 Å². The molecule has 0 aliphatic rings. The first-order valence-electron chi connectivity index (χ1n) is 9.50. The summed E-state index contributed by atoms with van der Waals surface area (Å²) in [4.78, 5) is 14.0. The molecule has 0 aliphatic carbocycles. The van der Waals surface area contributed by atoms with Gasteiger partial charge in [0.25, 0.3) is 0 Å². The molecular formula is C25H24O2S2. The quantitative estimate of drug-likeness (QED) is 0.280. The average Bonchev–Trinajstić information content (AvgIpc) is 2.73. The van der Waals surface area contributed by atoms with E-state index < -0.39 is 0 Å². The standard InChI is InChI=1S/C25H24O2S2/c1-19-13-15-21(16-14-19)24(27-20(2)26)17-18-25(28-22-9-5-3-6-10-22)29-23-11-7-4-8-12-23/h3-16,18,24H,17H2,1-2H3. The number of thioether (sulfide) groups is 2. The normalized spacial score (nSPS) is 11.5. The fourth-order valence-electron chi connectivity index (χ4n) is 2.75. The van der Waals surface area contributed by atoms with E-state index in [9.17, 15) is 4.79 Å². The van der Waals surface area contributed by atoms with Gasteiger partial charge in [-0.3, -0.25) is 4.79 Å². The van der Waals surface area contributed by atoms with Crippen LogP contribution < -0.4 is 0 Å². The Bertz CT molecular complexity index is 892. The van der Waals surface area contributed by atoms with Crippen molar-refractivity contribution in [2.45, 2.75) is 36.2 Å². The lowest BCUT2D eigenvalue weighted by Crippen LogP contribution is -2.08. The smallest absolute Gasteiger partial charge is 0.303 e. The van der Waals surface area contributed by atoms with E-state index in [0.29, 0.717) is 6.42 Å². The minimum absolute atomic E-state index is 0.267. The molecule has 0 heterocycles. The maximum absolute atomic E-state index is 11.7. The Morgan fingerprint density at radius 3 is 1.86 bits per heavy atom. The number of ether oxygens (including phenoxy) is 1. The molecule has 1 atom stereocenters. The van der Waals surface area contributed by atoms with Crippen LogP contribution in [-0.4, -0.2) is 5.97 Å². The molecule has 0 fully saturated rings. The molecule has 2 nitrogen and oxygen atoms in total. The molecule has 3 rings (SSSR count). The van der Waals surface area contributed by atoms with E-state index >= 15 is 0 Å². The Morgan fingerprint density at radius 1 is 0.862 bits per heavy atom. The van der Waals surface area contributed by atoms with Gasteiger partial charge in [-0.05, 0) is 36.8 Å². The van der Waals surface area contributed by atoms with Crippen molar-refractivity contribution in [2.75, 3.05) is 0 Å². The van der Waals surface area contributed by atoms with E-state index in [-0.39, 0.29) is 12.1 Å². The molecule has 0 saturated carbocycles. The lowest BCUT2D eigenvalue weighted by atomic mass is 10.0. The molecule has 148 valence electrons. The zero-order valence-electron chi connectivity index (χ0n) is 16.6. The van der Waals surface area contributed by atoms with E-state index in [0.717, 1.165) is 9.80 Å². The molecule has 1 unspecified atom stereocenters. The maximum Gasteiger partial charge on any atom is 0.303 e. The Morgan fingerprint density at radius 2 is 1.38 bits per heavy atom. The van der Waals surface area contributed by atoms with Crippen LogP contribution in [-0.2, 0) is 9.53 Å². The van der Waals surface area contributed by atoms with Gasteiger partial charge in [-0.1, -0.05) is 95.8 Å². The van der Waals surface area contributed by atoms with Gasteiger partial charge in [0.15, 0.2) is 0 Å². The summed E-state index contributed by atoms with van der Waals surface area (Å²) in [6.45, 7) is 3.51. The molecule has 0 amide bonds. The lowest BCUT2D eigenvalue weighted by Gasteiger charge is -2.17. The molecule has 0 saturated heterocycles. The minimum Gasteiger partial charge on any atom is -0.457 e. The van der Waals surface area contributed by atoms with Crippen LogP contribution in [0.1, 0.15) is 30.6 Å². The fraction of sp³-hybridized carbons (Fsp3) is 0.160. The number of aryl methyl sites for hydroxylation is 1. The number of hydrogen-bond donors (Lipinski definition) is 0. The first kappa shape index (κ1) is 21.3. The number of carbonyl (C=O) groups excluding carboxylic acids is 1. The van der Waals surface area contributed by atoms with Crippen LogP contribution in [0.15, 0.2) is 105 Å². The zero-order valence-corrected chi connectivity index (χ0v) is 18.2. The van der Waals surface area contributed by atoms with E-state index in [1.54, 1.807) is 23.5 Å². The highest BCUT2D eigenvalue weighted by Gasteiger charge is 2.15. The van der Waals surface area contributed by atoms with Crippen LogP contribution in [0.4, 0.5) is 0 Å². The minimum atomic E-state index is -0.296. The van der Waals surface area contributed by atoms with Crippen LogP contribution >= 0.6 is 23.5 Å². The first-order chi connectivity index (χ1) is 14.1. The van der Waals surface area contributed by atoms with Crippen molar-refractivity contribution in [3.8, 4) is 0 Å². The second-order valence-corrected chi connectivity index (χ2v) is 9.09. The molecule has 0 radical (unpaired) electrons. The molecule has 0 aliphatic heterocycles. The van der Waals surface area contributed by atoms with Gasteiger partial charge in [0.1, 0.15) is 6.10 Å². The number of rotatable bonds is 8. The summed E-state index contributed by atoms with van der Waals surface area (Å²) in [6, 6.07) is 28.8. The van der Waals surface area contributed by atoms with E-state index in [4.69, 9.17) is 4.74 Å². The number of esters is 1. The Labute approximate surface area is 181 Å². The molecule has 3 aromatic rings. The van der Waals surface area contributed by atoms with E-state index in [1.807, 2.05) is 60.7 Å². The largest absolute Gasteiger partial charge is 0.457 e. The molecule has 29 heavy (non-hydrogen) atoms. The van der Waals surface area contributed by atoms with E-state index in [2.05, 4.69) is 37.3 Å². The Kier molecular flexibility index (Phi) is 8.03. The molecule has 0 N–H and O–H groups in total. The highest BCUT2D eigenvalue weighted by atomic mass is 32.2. The van der Waals surface area contributed by atoms with Gasteiger partial charge in [-0.25, -0.2) is 0 Å². The van der Waals surface area contributed by atoms with Crippen molar-refractivity contribution < 1.29 is 9.53 Å². The number of carbonyl (C=O) groups is 1. The molecule has 4 heteroatoms. The molecular weight excluding hydrogens is 396 g/mol. The van der Waals surface area contributed by atoms with Crippen molar-refractivity contribution in [3.63, 3.8) is 0 Å². The van der Waals surface area contributed by atoms with Crippen molar-refractivity contribution >= 4 is 29.5 Å². The molecule has 0 spiro atoms. The average molecular weight is 421 g/mol. The maximum atomic E-state index is 11.7.